The molecule has 1 aromatic carbocycles. The lowest BCUT2D eigenvalue weighted by Gasteiger charge is -2.35. The quantitative estimate of drug-likeness (QED) is 0.845. The van der Waals surface area contributed by atoms with Crippen molar-refractivity contribution in [2.24, 2.45) is 5.92 Å². The number of rotatable bonds is 4. The van der Waals surface area contributed by atoms with E-state index in [1.165, 1.54) is 5.56 Å². The number of carbonyl (C=O) groups is 1. The number of hydrogen-bond donors (Lipinski definition) is 1. The molecule has 1 aliphatic heterocycles. The summed E-state index contributed by atoms with van der Waals surface area (Å²) in [5.74, 6) is 0.501. The summed E-state index contributed by atoms with van der Waals surface area (Å²) in [6, 6.07) is 7.67. The number of likely N-dealkylation sites (tertiary alicyclic amines) is 1. The van der Waals surface area contributed by atoms with Crippen molar-refractivity contribution >= 4 is 5.78 Å². The number of piperidine rings is 1. The third-order valence-electron chi connectivity index (χ3n) is 4.07. The lowest BCUT2D eigenvalue weighted by molar-refractivity contribution is 0.0673. The van der Waals surface area contributed by atoms with Gasteiger partial charge in [0.2, 0.25) is 0 Å². The van der Waals surface area contributed by atoms with Crippen LogP contribution in [-0.4, -0.2) is 41.5 Å². The van der Waals surface area contributed by atoms with Gasteiger partial charge in [-0.15, -0.1) is 0 Å². The largest absolute Gasteiger partial charge is 0.396 e. The first-order valence-corrected chi connectivity index (χ1v) is 7.07. The molecule has 1 saturated heterocycles. The second kappa shape index (κ2) is 6.31. The predicted octanol–water partition coefficient (Wildman–Crippen LogP) is 2.27. The van der Waals surface area contributed by atoms with E-state index in [0.717, 1.165) is 31.5 Å². The van der Waals surface area contributed by atoms with Crippen LogP contribution in [0.2, 0.25) is 0 Å². The summed E-state index contributed by atoms with van der Waals surface area (Å²) < 4.78 is 0. The summed E-state index contributed by atoms with van der Waals surface area (Å²) in [5.41, 5.74) is 1.95. The average Bonchev–Trinajstić information content (AvgIpc) is 2.46. The third kappa shape index (κ3) is 3.43. The van der Waals surface area contributed by atoms with Crippen molar-refractivity contribution in [3.8, 4) is 0 Å². The SMILES string of the molecule is Cc1ccc(C(=O)C(C)N2CCCC(CO)C2)cc1. The van der Waals surface area contributed by atoms with E-state index < -0.39 is 0 Å². The fourth-order valence-corrected chi connectivity index (χ4v) is 2.72. The van der Waals surface area contributed by atoms with Gasteiger partial charge in [-0.3, -0.25) is 9.69 Å². The minimum atomic E-state index is -0.0999. The van der Waals surface area contributed by atoms with Crippen LogP contribution in [-0.2, 0) is 0 Å². The van der Waals surface area contributed by atoms with Gasteiger partial charge >= 0.3 is 0 Å². The van der Waals surface area contributed by atoms with E-state index in [4.69, 9.17) is 0 Å². The highest BCUT2D eigenvalue weighted by Crippen LogP contribution is 2.20. The van der Waals surface area contributed by atoms with E-state index >= 15 is 0 Å². The third-order valence-corrected chi connectivity index (χ3v) is 4.07. The van der Waals surface area contributed by atoms with Gasteiger partial charge in [0.05, 0.1) is 6.04 Å². The van der Waals surface area contributed by atoms with Crippen LogP contribution in [0.3, 0.4) is 0 Å². The summed E-state index contributed by atoms with van der Waals surface area (Å²) in [4.78, 5) is 14.6. The van der Waals surface area contributed by atoms with Crippen LogP contribution < -0.4 is 0 Å². The average molecular weight is 261 g/mol. The Morgan fingerprint density at radius 3 is 2.74 bits per heavy atom. The Balaban J connectivity index is 2.04. The summed E-state index contributed by atoms with van der Waals surface area (Å²) in [6.45, 7) is 6.00. The van der Waals surface area contributed by atoms with Crippen molar-refractivity contribution in [1.82, 2.24) is 4.90 Å². The normalized spacial score (nSPS) is 22.2. The van der Waals surface area contributed by atoms with Crippen molar-refractivity contribution in [1.29, 1.82) is 0 Å². The van der Waals surface area contributed by atoms with Gasteiger partial charge < -0.3 is 5.11 Å². The molecule has 19 heavy (non-hydrogen) atoms. The van der Waals surface area contributed by atoms with Gasteiger partial charge in [-0.1, -0.05) is 29.8 Å². The monoisotopic (exact) mass is 261 g/mol. The molecule has 0 amide bonds. The van der Waals surface area contributed by atoms with Crippen molar-refractivity contribution < 1.29 is 9.90 Å². The lowest BCUT2D eigenvalue weighted by Crippen LogP contribution is -2.45. The van der Waals surface area contributed by atoms with Crippen LogP contribution in [0.1, 0.15) is 35.7 Å². The van der Waals surface area contributed by atoms with Crippen LogP contribution in [0.25, 0.3) is 0 Å². The summed E-state index contributed by atoms with van der Waals surface area (Å²) in [7, 11) is 0. The number of hydrogen-bond acceptors (Lipinski definition) is 3. The molecule has 0 spiro atoms. The molecule has 1 aliphatic rings. The van der Waals surface area contributed by atoms with Gasteiger partial charge in [0.25, 0.3) is 0 Å². The molecule has 0 aliphatic carbocycles. The second-order valence-corrected chi connectivity index (χ2v) is 5.59. The topological polar surface area (TPSA) is 40.5 Å². The number of aliphatic hydroxyl groups is 1. The second-order valence-electron chi connectivity index (χ2n) is 5.59. The van der Waals surface area contributed by atoms with E-state index in [0.29, 0.717) is 5.92 Å². The highest BCUT2D eigenvalue weighted by molar-refractivity contribution is 5.99. The van der Waals surface area contributed by atoms with Gasteiger partial charge in [0.15, 0.2) is 5.78 Å². The summed E-state index contributed by atoms with van der Waals surface area (Å²) in [5, 5.41) is 9.27. The number of ketones is 1. The summed E-state index contributed by atoms with van der Waals surface area (Å²) in [6.07, 6.45) is 2.13. The predicted molar refractivity (Wildman–Crippen MR) is 76.4 cm³/mol. The Bertz CT molecular complexity index is 427. The van der Waals surface area contributed by atoms with Gasteiger partial charge in [-0.05, 0) is 39.2 Å². The molecule has 1 heterocycles. The van der Waals surface area contributed by atoms with E-state index in [1.54, 1.807) is 0 Å². The number of carbonyl (C=O) groups excluding carboxylic acids is 1. The number of aryl methyl sites for hydroxylation is 1. The smallest absolute Gasteiger partial charge is 0.179 e. The molecule has 0 bridgehead atoms. The maximum Gasteiger partial charge on any atom is 0.179 e. The molecule has 0 saturated carbocycles. The van der Waals surface area contributed by atoms with E-state index in [9.17, 15) is 9.90 Å². The van der Waals surface area contributed by atoms with Crippen LogP contribution in [0.15, 0.2) is 24.3 Å². The molecule has 1 fully saturated rings. The van der Waals surface area contributed by atoms with Crippen LogP contribution >= 0.6 is 0 Å². The first-order valence-electron chi connectivity index (χ1n) is 7.07. The zero-order chi connectivity index (χ0) is 13.8. The first-order chi connectivity index (χ1) is 9.11. The van der Waals surface area contributed by atoms with Crippen LogP contribution in [0.4, 0.5) is 0 Å². The fourth-order valence-electron chi connectivity index (χ4n) is 2.72. The molecule has 2 atom stereocenters. The van der Waals surface area contributed by atoms with E-state index in [1.807, 2.05) is 38.1 Å². The first kappa shape index (κ1) is 14.2. The molecule has 2 unspecified atom stereocenters. The highest BCUT2D eigenvalue weighted by Gasteiger charge is 2.27. The number of nitrogens with zero attached hydrogens (tertiary/aromatic N) is 1. The van der Waals surface area contributed by atoms with Gasteiger partial charge in [-0.25, -0.2) is 0 Å². The summed E-state index contributed by atoms with van der Waals surface area (Å²) >= 11 is 0. The van der Waals surface area contributed by atoms with Crippen molar-refractivity contribution in [2.75, 3.05) is 19.7 Å². The molecule has 3 nitrogen and oxygen atoms in total. The number of benzene rings is 1. The van der Waals surface area contributed by atoms with Crippen molar-refractivity contribution in [3.05, 3.63) is 35.4 Å². The Labute approximate surface area is 115 Å². The Morgan fingerprint density at radius 2 is 2.11 bits per heavy atom. The Hall–Kier alpha value is -1.19. The number of aliphatic hydroxyl groups excluding tert-OH is 1. The van der Waals surface area contributed by atoms with Crippen molar-refractivity contribution in [3.63, 3.8) is 0 Å². The molecule has 2 rings (SSSR count). The maximum absolute atomic E-state index is 12.4. The molecule has 1 aromatic rings. The molecular formula is C16H23NO2. The Kier molecular flexibility index (Phi) is 4.72. The van der Waals surface area contributed by atoms with Crippen molar-refractivity contribution in [2.45, 2.75) is 32.7 Å². The van der Waals surface area contributed by atoms with Crippen LogP contribution in [0, 0.1) is 12.8 Å². The lowest BCUT2D eigenvalue weighted by atomic mass is 9.95. The molecule has 104 valence electrons. The minimum absolute atomic E-state index is 0.0999. The Morgan fingerprint density at radius 1 is 1.42 bits per heavy atom. The zero-order valence-corrected chi connectivity index (χ0v) is 11.8. The molecule has 1 N–H and O–H groups in total. The molecular weight excluding hydrogens is 238 g/mol. The zero-order valence-electron chi connectivity index (χ0n) is 11.8. The molecule has 0 aromatic heterocycles. The van der Waals surface area contributed by atoms with E-state index in [2.05, 4.69) is 4.90 Å². The van der Waals surface area contributed by atoms with Crippen LogP contribution in [0.5, 0.6) is 0 Å². The fraction of sp³-hybridized carbons (Fsp3) is 0.562. The minimum Gasteiger partial charge on any atom is -0.396 e. The van der Waals surface area contributed by atoms with Gasteiger partial charge in [0, 0.05) is 18.7 Å². The highest BCUT2D eigenvalue weighted by atomic mass is 16.3. The van der Waals surface area contributed by atoms with Gasteiger partial charge in [0.1, 0.15) is 0 Å². The number of Topliss-reactive ketones (excluding diaryl/α,β-unsaturated/α-hetero) is 1. The molecule has 0 radical (unpaired) electrons. The maximum atomic E-state index is 12.4. The molecule has 3 heteroatoms. The van der Waals surface area contributed by atoms with Gasteiger partial charge in [-0.2, -0.15) is 0 Å². The van der Waals surface area contributed by atoms with E-state index in [-0.39, 0.29) is 18.4 Å². The standard InChI is InChI=1S/C16H23NO2/c1-12-5-7-15(8-6-12)16(19)13(2)17-9-3-4-14(10-17)11-18/h5-8,13-14,18H,3-4,9-11H2,1-2H3.